The summed E-state index contributed by atoms with van der Waals surface area (Å²) < 4.78 is 5.70. The van der Waals surface area contributed by atoms with Gasteiger partial charge in [0.25, 0.3) is 5.91 Å². The number of nitrogens with zero attached hydrogens (tertiary/aromatic N) is 3. The van der Waals surface area contributed by atoms with Gasteiger partial charge in [-0.25, -0.2) is 4.79 Å². The third-order valence-corrected chi connectivity index (χ3v) is 5.84. The number of pyridine rings is 1. The third kappa shape index (κ3) is 5.83. The fraction of sp³-hybridized carbons (Fsp3) is 0.500. The first-order chi connectivity index (χ1) is 15.4. The number of aliphatic carboxylic acids is 1. The van der Waals surface area contributed by atoms with Crippen LogP contribution in [0.1, 0.15) is 57.5 Å². The molecule has 0 saturated carbocycles. The Hall–Kier alpha value is -3.09. The minimum absolute atomic E-state index is 0.0382. The summed E-state index contributed by atoms with van der Waals surface area (Å²) in [5, 5.41) is 9.52. The lowest BCUT2D eigenvalue weighted by molar-refractivity contribution is -0.150. The number of piperazine rings is 1. The van der Waals surface area contributed by atoms with Gasteiger partial charge in [0.1, 0.15) is 5.75 Å². The molecule has 1 saturated heterocycles. The van der Waals surface area contributed by atoms with Crippen LogP contribution < -0.4 is 9.64 Å². The largest absolute Gasteiger partial charge is 0.478 e. The van der Waals surface area contributed by atoms with Gasteiger partial charge in [0, 0.05) is 43.5 Å². The number of aromatic nitrogens is 1. The number of carbonyl (C=O) groups is 2. The van der Waals surface area contributed by atoms with Gasteiger partial charge in [0.2, 0.25) is 0 Å². The second-order valence-corrected chi connectivity index (χ2v) is 10.7. The average molecular weight is 454 g/mol. The van der Waals surface area contributed by atoms with Crippen LogP contribution in [-0.2, 0) is 10.2 Å². The van der Waals surface area contributed by atoms with E-state index in [0.717, 1.165) is 13.1 Å². The van der Waals surface area contributed by atoms with Crippen LogP contribution in [0.2, 0.25) is 0 Å². The van der Waals surface area contributed by atoms with E-state index in [4.69, 9.17) is 4.74 Å². The first kappa shape index (κ1) is 24.6. The maximum atomic E-state index is 13.1. The zero-order chi connectivity index (χ0) is 24.4. The fourth-order valence-corrected chi connectivity index (χ4v) is 4.05. The van der Waals surface area contributed by atoms with Crippen molar-refractivity contribution in [3.8, 4) is 5.75 Å². The number of carboxylic acid groups (broad SMARTS) is 1. The van der Waals surface area contributed by atoms with Crippen LogP contribution in [-0.4, -0.2) is 59.1 Å². The highest BCUT2D eigenvalue weighted by molar-refractivity contribution is 5.94. The van der Waals surface area contributed by atoms with Crippen LogP contribution in [0.15, 0.2) is 42.7 Å². The topological polar surface area (TPSA) is 83.0 Å². The number of carbonyl (C=O) groups excluding carboxylic acids is 1. The van der Waals surface area contributed by atoms with Gasteiger partial charge < -0.3 is 19.6 Å². The molecule has 1 atom stereocenters. The smallest absolute Gasteiger partial charge is 0.345 e. The van der Waals surface area contributed by atoms with Gasteiger partial charge in [-0.2, -0.15) is 0 Å². The van der Waals surface area contributed by atoms with Gasteiger partial charge >= 0.3 is 5.97 Å². The maximum absolute atomic E-state index is 13.1. The van der Waals surface area contributed by atoms with E-state index in [1.165, 1.54) is 23.6 Å². The van der Waals surface area contributed by atoms with Crippen LogP contribution in [0.4, 0.5) is 5.69 Å². The number of rotatable bonds is 5. The van der Waals surface area contributed by atoms with E-state index in [2.05, 4.69) is 54.9 Å². The number of hydrogen-bond donors (Lipinski definition) is 1. The lowest BCUT2D eigenvalue weighted by Crippen LogP contribution is -2.49. The number of amides is 1. The molecule has 0 spiro atoms. The summed E-state index contributed by atoms with van der Waals surface area (Å²) in [7, 11) is 0. The van der Waals surface area contributed by atoms with Crippen molar-refractivity contribution < 1.29 is 19.4 Å². The maximum Gasteiger partial charge on any atom is 0.345 e. The summed E-state index contributed by atoms with van der Waals surface area (Å²) in [5.41, 5.74) is 2.35. The quantitative estimate of drug-likeness (QED) is 0.730. The minimum Gasteiger partial charge on any atom is -0.478 e. The summed E-state index contributed by atoms with van der Waals surface area (Å²) in [5.74, 6) is -0.897. The second kappa shape index (κ2) is 9.41. The number of anilines is 1. The minimum atomic E-state index is -1.05. The molecule has 1 aliphatic rings. The van der Waals surface area contributed by atoms with Crippen LogP contribution in [0.5, 0.6) is 5.75 Å². The molecule has 0 bridgehead atoms. The molecule has 1 aliphatic heterocycles. The van der Waals surface area contributed by atoms with E-state index in [9.17, 15) is 14.7 Å². The third-order valence-electron chi connectivity index (χ3n) is 5.84. The van der Waals surface area contributed by atoms with Crippen molar-refractivity contribution in [2.45, 2.75) is 53.1 Å². The van der Waals surface area contributed by atoms with E-state index in [1.54, 1.807) is 26.8 Å². The van der Waals surface area contributed by atoms with Crippen molar-refractivity contribution in [2.75, 3.05) is 31.1 Å². The molecule has 33 heavy (non-hydrogen) atoms. The Labute approximate surface area is 196 Å². The molecule has 0 radical (unpaired) electrons. The monoisotopic (exact) mass is 453 g/mol. The van der Waals surface area contributed by atoms with E-state index >= 15 is 0 Å². The Balaban J connectivity index is 1.70. The van der Waals surface area contributed by atoms with Crippen molar-refractivity contribution in [3.05, 3.63) is 53.9 Å². The highest BCUT2D eigenvalue weighted by Gasteiger charge is 2.34. The highest BCUT2D eigenvalue weighted by Crippen LogP contribution is 2.32. The van der Waals surface area contributed by atoms with Gasteiger partial charge in [-0.1, -0.05) is 59.7 Å². The summed E-state index contributed by atoms with van der Waals surface area (Å²) in [4.78, 5) is 33.0. The number of hydrogen-bond acceptors (Lipinski definition) is 5. The number of para-hydroxylation sites is 1. The molecule has 1 N–H and O–H groups in total. The molecule has 1 fully saturated rings. The lowest BCUT2D eigenvalue weighted by Gasteiger charge is -2.38. The Morgan fingerprint density at radius 3 is 2.21 bits per heavy atom. The molecule has 1 unspecified atom stereocenters. The normalized spacial score (nSPS) is 15.8. The molecule has 3 rings (SSSR count). The van der Waals surface area contributed by atoms with Crippen LogP contribution >= 0.6 is 0 Å². The molecule has 2 aromatic rings. The molecule has 7 nitrogen and oxygen atoms in total. The van der Waals surface area contributed by atoms with Crippen molar-refractivity contribution >= 4 is 17.6 Å². The molecular weight excluding hydrogens is 418 g/mol. The van der Waals surface area contributed by atoms with Crippen LogP contribution in [0.25, 0.3) is 0 Å². The number of carboxylic acids is 1. The Morgan fingerprint density at radius 1 is 1.00 bits per heavy atom. The molecule has 7 heteroatoms. The van der Waals surface area contributed by atoms with Crippen molar-refractivity contribution in [1.82, 2.24) is 9.88 Å². The predicted molar refractivity (Wildman–Crippen MR) is 129 cm³/mol. The standard InChI is InChI=1S/C26H35N3O4/c1-25(2,3)20-9-7-8-10-21(20)28-11-13-29(14-12-28)23(30)18-15-19(17-27-16-18)33-22(24(31)32)26(4,5)6/h7-10,15-17,22H,11-14H2,1-6H3,(H,31,32). The first-order valence-electron chi connectivity index (χ1n) is 11.4. The van der Waals surface area contributed by atoms with E-state index in [-0.39, 0.29) is 17.1 Å². The molecule has 0 aliphatic carbocycles. The summed E-state index contributed by atoms with van der Waals surface area (Å²) in [6.07, 6.45) is 1.90. The SMILES string of the molecule is CC(C)(C)c1ccccc1N1CCN(C(=O)c2cncc(OC(C(=O)O)C(C)(C)C)c2)CC1. The van der Waals surface area contributed by atoms with Gasteiger partial charge in [-0.15, -0.1) is 0 Å². The Kier molecular flexibility index (Phi) is 7.00. The molecule has 1 aromatic carbocycles. The van der Waals surface area contributed by atoms with Gasteiger partial charge in [0.15, 0.2) is 6.10 Å². The summed E-state index contributed by atoms with van der Waals surface area (Å²) >= 11 is 0. The van der Waals surface area contributed by atoms with E-state index in [1.807, 2.05) is 4.90 Å². The molecule has 1 aromatic heterocycles. The summed E-state index contributed by atoms with van der Waals surface area (Å²) in [6, 6.07) is 10.0. The van der Waals surface area contributed by atoms with Gasteiger partial charge in [-0.3, -0.25) is 9.78 Å². The molecular formula is C26H35N3O4. The Bertz CT molecular complexity index is 999. The second-order valence-electron chi connectivity index (χ2n) is 10.7. The van der Waals surface area contributed by atoms with Gasteiger partial charge in [-0.05, 0) is 23.1 Å². The van der Waals surface area contributed by atoms with Crippen LogP contribution in [0.3, 0.4) is 0 Å². The summed E-state index contributed by atoms with van der Waals surface area (Å²) in [6.45, 7) is 14.7. The zero-order valence-corrected chi connectivity index (χ0v) is 20.5. The van der Waals surface area contributed by atoms with E-state index in [0.29, 0.717) is 18.7 Å². The predicted octanol–water partition coefficient (Wildman–Crippen LogP) is 4.22. The van der Waals surface area contributed by atoms with Gasteiger partial charge in [0.05, 0.1) is 11.8 Å². The molecule has 2 heterocycles. The first-order valence-corrected chi connectivity index (χ1v) is 11.4. The van der Waals surface area contributed by atoms with E-state index < -0.39 is 17.5 Å². The number of benzene rings is 1. The van der Waals surface area contributed by atoms with Crippen molar-refractivity contribution in [3.63, 3.8) is 0 Å². The number of ether oxygens (including phenoxy) is 1. The molecule has 1 amide bonds. The lowest BCUT2D eigenvalue weighted by atomic mass is 9.85. The van der Waals surface area contributed by atoms with Crippen molar-refractivity contribution in [2.24, 2.45) is 5.41 Å². The van der Waals surface area contributed by atoms with Crippen LogP contribution in [0, 0.1) is 5.41 Å². The Morgan fingerprint density at radius 2 is 1.64 bits per heavy atom. The fourth-order valence-electron chi connectivity index (χ4n) is 4.05. The molecule has 178 valence electrons. The zero-order valence-electron chi connectivity index (χ0n) is 20.5. The average Bonchev–Trinajstić information content (AvgIpc) is 2.76. The van der Waals surface area contributed by atoms with Crippen molar-refractivity contribution in [1.29, 1.82) is 0 Å². The highest BCUT2D eigenvalue weighted by atomic mass is 16.5.